The summed E-state index contributed by atoms with van der Waals surface area (Å²) in [6.45, 7) is 5.37. The van der Waals surface area contributed by atoms with Gasteiger partial charge in [0.05, 0.1) is 5.60 Å². The Labute approximate surface area is 118 Å². The van der Waals surface area contributed by atoms with E-state index in [1.54, 1.807) is 0 Å². The van der Waals surface area contributed by atoms with Gasteiger partial charge >= 0.3 is 0 Å². The molecule has 3 fully saturated rings. The maximum atomic E-state index is 11.4. The fourth-order valence-electron chi connectivity index (χ4n) is 5.62. The number of aliphatic hydroxyl groups is 1. The third-order valence-electron chi connectivity index (χ3n) is 7.06. The molecule has 0 aromatic heterocycles. The highest BCUT2D eigenvalue weighted by Crippen LogP contribution is 2.61. The highest BCUT2D eigenvalue weighted by atomic mass is 16.3. The van der Waals surface area contributed by atoms with Crippen LogP contribution in [-0.2, 0) is 0 Å². The fraction of sp³-hybridized carbons (Fsp3) is 1.00. The molecule has 0 spiro atoms. The van der Waals surface area contributed by atoms with Crippen molar-refractivity contribution >= 4 is 0 Å². The van der Waals surface area contributed by atoms with Gasteiger partial charge in [-0.3, -0.25) is 0 Å². The molecule has 0 heterocycles. The lowest BCUT2D eigenvalue weighted by Crippen LogP contribution is -2.57. The van der Waals surface area contributed by atoms with E-state index >= 15 is 0 Å². The smallest absolute Gasteiger partial charge is 0.0746 e. The first-order valence-corrected chi connectivity index (χ1v) is 8.43. The van der Waals surface area contributed by atoms with Crippen molar-refractivity contribution in [1.82, 2.24) is 0 Å². The van der Waals surface area contributed by atoms with Crippen LogP contribution >= 0.6 is 0 Å². The fourth-order valence-corrected chi connectivity index (χ4v) is 5.62. The van der Waals surface area contributed by atoms with Crippen LogP contribution in [-0.4, -0.2) is 17.3 Å². The van der Waals surface area contributed by atoms with Gasteiger partial charge in [-0.1, -0.05) is 13.8 Å². The Bertz CT molecular complexity index is 332. The Morgan fingerprint density at radius 1 is 1.16 bits per heavy atom. The Balaban J connectivity index is 1.78. The van der Waals surface area contributed by atoms with Crippen LogP contribution in [0.5, 0.6) is 0 Å². The molecule has 0 saturated heterocycles. The summed E-state index contributed by atoms with van der Waals surface area (Å²) in [7, 11) is 0. The van der Waals surface area contributed by atoms with Crippen LogP contribution in [0.1, 0.15) is 65.2 Å². The number of nitrogens with two attached hydrogens (primary N) is 1. The van der Waals surface area contributed by atoms with Crippen LogP contribution in [0.4, 0.5) is 0 Å². The summed E-state index contributed by atoms with van der Waals surface area (Å²) >= 11 is 0. The molecule has 0 radical (unpaired) electrons. The van der Waals surface area contributed by atoms with E-state index in [1.165, 1.54) is 32.1 Å². The average Bonchev–Trinajstić information content (AvgIpc) is 2.99. The molecular formula is C17H31NO. The van der Waals surface area contributed by atoms with Crippen molar-refractivity contribution in [2.75, 3.05) is 6.54 Å². The second-order valence-corrected chi connectivity index (χ2v) is 8.07. The monoisotopic (exact) mass is 265 g/mol. The predicted molar refractivity (Wildman–Crippen MR) is 78.7 cm³/mol. The Morgan fingerprint density at radius 2 is 1.84 bits per heavy atom. The highest BCUT2D eigenvalue weighted by Gasteiger charge is 2.60. The first-order valence-electron chi connectivity index (χ1n) is 8.43. The molecular weight excluding hydrogens is 234 g/mol. The van der Waals surface area contributed by atoms with E-state index in [4.69, 9.17) is 5.73 Å². The summed E-state index contributed by atoms with van der Waals surface area (Å²) in [5.74, 6) is 2.98. The molecule has 3 saturated carbocycles. The van der Waals surface area contributed by atoms with Crippen molar-refractivity contribution in [1.29, 1.82) is 0 Å². The van der Waals surface area contributed by atoms with Gasteiger partial charge in [0.1, 0.15) is 0 Å². The molecule has 3 unspecified atom stereocenters. The van der Waals surface area contributed by atoms with Gasteiger partial charge in [-0.2, -0.15) is 0 Å². The summed E-state index contributed by atoms with van der Waals surface area (Å²) < 4.78 is 0. The van der Waals surface area contributed by atoms with Gasteiger partial charge in [-0.05, 0) is 75.0 Å². The van der Waals surface area contributed by atoms with Crippen molar-refractivity contribution in [2.24, 2.45) is 34.8 Å². The molecule has 3 aliphatic carbocycles. The SMILES string of the molecule is CC(C)C1CCC(CN)(C2(O)CC3CCC2C3)CC1. The van der Waals surface area contributed by atoms with Gasteiger partial charge in [0.2, 0.25) is 0 Å². The molecule has 0 aliphatic heterocycles. The first-order chi connectivity index (χ1) is 9.01. The van der Waals surface area contributed by atoms with E-state index in [-0.39, 0.29) is 5.41 Å². The zero-order chi connectivity index (χ0) is 13.7. The molecule has 2 bridgehead atoms. The summed E-state index contributed by atoms with van der Waals surface area (Å²) in [5.41, 5.74) is 5.81. The minimum Gasteiger partial charge on any atom is -0.389 e. The molecule has 19 heavy (non-hydrogen) atoms. The van der Waals surface area contributed by atoms with Crippen molar-refractivity contribution in [3.8, 4) is 0 Å². The standard InChI is InChI=1S/C17H31NO/c1-12(2)14-5-7-16(11-18,8-6-14)17(19)10-13-3-4-15(17)9-13/h12-15,19H,3-11,18H2,1-2H3. The van der Waals surface area contributed by atoms with Crippen molar-refractivity contribution in [2.45, 2.75) is 70.8 Å². The van der Waals surface area contributed by atoms with Gasteiger partial charge in [-0.15, -0.1) is 0 Å². The zero-order valence-electron chi connectivity index (χ0n) is 12.7. The Morgan fingerprint density at radius 3 is 2.26 bits per heavy atom. The van der Waals surface area contributed by atoms with E-state index in [2.05, 4.69) is 13.8 Å². The van der Waals surface area contributed by atoms with E-state index in [0.717, 1.165) is 37.0 Å². The topological polar surface area (TPSA) is 46.2 Å². The number of fused-ring (bicyclic) bond motifs is 2. The maximum Gasteiger partial charge on any atom is 0.0746 e. The molecule has 2 heteroatoms. The number of hydrogen-bond acceptors (Lipinski definition) is 2. The molecule has 0 aromatic carbocycles. The summed E-state index contributed by atoms with van der Waals surface area (Å²) in [6, 6.07) is 0. The van der Waals surface area contributed by atoms with Crippen molar-refractivity contribution < 1.29 is 5.11 Å². The highest BCUT2D eigenvalue weighted by molar-refractivity contribution is 5.12. The second-order valence-electron chi connectivity index (χ2n) is 8.07. The number of hydrogen-bond donors (Lipinski definition) is 2. The second kappa shape index (κ2) is 4.73. The molecule has 0 amide bonds. The Hall–Kier alpha value is -0.0800. The lowest BCUT2D eigenvalue weighted by atomic mass is 9.56. The lowest BCUT2D eigenvalue weighted by molar-refractivity contribution is -0.140. The van der Waals surface area contributed by atoms with Gasteiger partial charge in [0, 0.05) is 12.0 Å². The minimum absolute atomic E-state index is 0.0399. The molecule has 110 valence electrons. The van der Waals surface area contributed by atoms with E-state index in [0.29, 0.717) is 12.5 Å². The maximum absolute atomic E-state index is 11.4. The third kappa shape index (κ3) is 1.98. The lowest BCUT2D eigenvalue weighted by Gasteiger charge is -2.53. The molecule has 2 nitrogen and oxygen atoms in total. The summed E-state index contributed by atoms with van der Waals surface area (Å²) in [5, 5.41) is 11.4. The predicted octanol–water partition coefficient (Wildman–Crippen LogP) is 3.33. The minimum atomic E-state index is -0.424. The van der Waals surface area contributed by atoms with Crippen LogP contribution in [0, 0.1) is 29.1 Å². The van der Waals surface area contributed by atoms with E-state index in [1.807, 2.05) is 0 Å². The van der Waals surface area contributed by atoms with Crippen molar-refractivity contribution in [3.63, 3.8) is 0 Å². The van der Waals surface area contributed by atoms with Crippen LogP contribution in [0.2, 0.25) is 0 Å². The van der Waals surface area contributed by atoms with Gasteiger partial charge < -0.3 is 10.8 Å². The van der Waals surface area contributed by atoms with Gasteiger partial charge in [-0.25, -0.2) is 0 Å². The molecule has 3 atom stereocenters. The first kappa shape index (κ1) is 13.9. The molecule has 3 N–H and O–H groups in total. The van der Waals surface area contributed by atoms with E-state index < -0.39 is 5.60 Å². The van der Waals surface area contributed by atoms with Crippen LogP contribution in [0.3, 0.4) is 0 Å². The Kier molecular flexibility index (Phi) is 3.46. The van der Waals surface area contributed by atoms with Crippen molar-refractivity contribution in [3.05, 3.63) is 0 Å². The largest absolute Gasteiger partial charge is 0.389 e. The van der Waals surface area contributed by atoms with Gasteiger partial charge in [0.15, 0.2) is 0 Å². The van der Waals surface area contributed by atoms with Crippen LogP contribution < -0.4 is 5.73 Å². The van der Waals surface area contributed by atoms with Crippen LogP contribution in [0.25, 0.3) is 0 Å². The summed E-state index contributed by atoms with van der Waals surface area (Å²) in [4.78, 5) is 0. The molecule has 3 rings (SSSR count). The third-order valence-corrected chi connectivity index (χ3v) is 7.06. The normalized spacial score (nSPS) is 50.1. The zero-order valence-corrected chi connectivity index (χ0v) is 12.7. The van der Waals surface area contributed by atoms with Crippen LogP contribution in [0.15, 0.2) is 0 Å². The quantitative estimate of drug-likeness (QED) is 0.822. The summed E-state index contributed by atoms with van der Waals surface area (Å²) in [6.07, 6.45) is 9.77. The molecule has 0 aromatic rings. The number of rotatable bonds is 3. The average molecular weight is 265 g/mol. The molecule has 3 aliphatic rings. The van der Waals surface area contributed by atoms with E-state index in [9.17, 15) is 5.11 Å². The van der Waals surface area contributed by atoms with Gasteiger partial charge in [0.25, 0.3) is 0 Å².